The largest absolute Gasteiger partial charge is 0.238 e. The van der Waals surface area contributed by atoms with Crippen LogP contribution in [0.3, 0.4) is 0 Å². The van der Waals surface area contributed by atoms with Crippen LogP contribution in [-0.4, -0.2) is 16.8 Å². The molecule has 0 unspecified atom stereocenters. The molecule has 2 aromatic carbocycles. The Bertz CT molecular complexity index is 855. The third-order valence-corrected chi connectivity index (χ3v) is 4.86. The molecule has 0 amide bonds. The average Bonchev–Trinajstić information content (AvgIpc) is 2.44. The van der Waals surface area contributed by atoms with Crippen LogP contribution >= 0.6 is 0 Å². The molecular formula is C14H14N2O4S2. The molecule has 8 heteroatoms. The fraction of sp³-hybridized carbons (Fsp3) is 0. The van der Waals surface area contributed by atoms with Crippen molar-refractivity contribution in [3.8, 4) is 0 Å². The molecule has 0 aromatic heterocycles. The highest BCUT2D eigenvalue weighted by atomic mass is 32.2. The summed E-state index contributed by atoms with van der Waals surface area (Å²) in [5, 5.41) is 10.3. The van der Waals surface area contributed by atoms with Crippen LogP contribution in [0.4, 0.5) is 0 Å². The second-order valence-electron chi connectivity index (χ2n) is 4.50. The van der Waals surface area contributed by atoms with Gasteiger partial charge in [-0.2, -0.15) is 0 Å². The summed E-state index contributed by atoms with van der Waals surface area (Å²) in [5.74, 6) is 0. The van der Waals surface area contributed by atoms with Crippen LogP contribution < -0.4 is 10.3 Å². The zero-order valence-electron chi connectivity index (χ0n) is 11.4. The summed E-state index contributed by atoms with van der Waals surface area (Å²) in [4.78, 5) is -0.0846. The standard InChI is InChI=1S/C14H14N2O4S2/c15-21(17,18)13-7-3-1-5-11(13)9-10-12-6-2-4-8-14(12)22(16,19)20/h1-10H,(H2,15,17,18)(H2,16,19,20)/b10-9-. The molecule has 2 rings (SSSR count). The van der Waals surface area contributed by atoms with Crippen molar-refractivity contribution >= 4 is 32.2 Å². The molecule has 0 aliphatic carbocycles. The summed E-state index contributed by atoms with van der Waals surface area (Å²) in [5.41, 5.74) is 0.712. The van der Waals surface area contributed by atoms with Crippen LogP contribution in [-0.2, 0) is 20.0 Å². The molecular weight excluding hydrogens is 324 g/mol. The van der Waals surface area contributed by atoms with Gasteiger partial charge in [-0.15, -0.1) is 0 Å². The lowest BCUT2D eigenvalue weighted by atomic mass is 10.1. The topological polar surface area (TPSA) is 120 Å². The molecule has 0 saturated heterocycles. The van der Waals surface area contributed by atoms with Gasteiger partial charge in [0.15, 0.2) is 0 Å². The van der Waals surface area contributed by atoms with Crippen molar-refractivity contribution < 1.29 is 16.8 Å². The molecule has 0 atom stereocenters. The molecule has 4 N–H and O–H groups in total. The number of nitrogens with two attached hydrogens (primary N) is 2. The maximum Gasteiger partial charge on any atom is 0.238 e. The van der Waals surface area contributed by atoms with Gasteiger partial charge in [-0.1, -0.05) is 48.6 Å². The number of rotatable bonds is 4. The molecule has 0 heterocycles. The van der Waals surface area contributed by atoms with Gasteiger partial charge >= 0.3 is 0 Å². The van der Waals surface area contributed by atoms with E-state index < -0.39 is 20.0 Å². The third-order valence-electron chi connectivity index (χ3n) is 2.89. The smallest absolute Gasteiger partial charge is 0.225 e. The summed E-state index contributed by atoms with van der Waals surface area (Å²) in [6.45, 7) is 0. The predicted octanol–water partition coefficient (Wildman–Crippen LogP) is 1.15. The fourth-order valence-electron chi connectivity index (χ4n) is 1.93. The Balaban J connectivity index is 2.53. The summed E-state index contributed by atoms with van der Waals surface area (Å²) in [6, 6.07) is 12.3. The van der Waals surface area contributed by atoms with E-state index in [0.717, 1.165) is 0 Å². The molecule has 0 radical (unpaired) electrons. The zero-order chi connectivity index (χ0) is 16.4. The van der Waals surface area contributed by atoms with Gasteiger partial charge in [-0.3, -0.25) is 0 Å². The minimum Gasteiger partial charge on any atom is -0.225 e. The molecule has 22 heavy (non-hydrogen) atoms. The maximum absolute atomic E-state index is 11.5. The van der Waals surface area contributed by atoms with Gasteiger partial charge in [-0.25, -0.2) is 27.1 Å². The Hall–Kier alpha value is -2.00. The molecule has 0 bridgehead atoms. The van der Waals surface area contributed by atoms with Crippen molar-refractivity contribution in [2.45, 2.75) is 9.79 Å². The second-order valence-corrected chi connectivity index (χ2v) is 7.56. The number of hydrogen-bond acceptors (Lipinski definition) is 4. The fourth-order valence-corrected chi connectivity index (χ4v) is 3.40. The second kappa shape index (κ2) is 6.01. The third kappa shape index (κ3) is 3.80. The Morgan fingerprint density at radius 3 is 1.27 bits per heavy atom. The van der Waals surface area contributed by atoms with E-state index in [1.54, 1.807) is 36.4 Å². The van der Waals surface area contributed by atoms with Crippen LogP contribution in [0.25, 0.3) is 12.2 Å². The summed E-state index contributed by atoms with van der Waals surface area (Å²) in [6.07, 6.45) is 2.95. The van der Waals surface area contributed by atoms with Crippen LogP contribution in [0, 0.1) is 0 Å². The first kappa shape index (κ1) is 16.4. The quantitative estimate of drug-likeness (QED) is 0.812. The number of hydrogen-bond donors (Lipinski definition) is 2. The number of sulfonamides is 2. The first-order valence-electron chi connectivity index (χ1n) is 6.11. The van der Waals surface area contributed by atoms with E-state index >= 15 is 0 Å². The lowest BCUT2D eigenvalue weighted by molar-refractivity contribution is 0.595. The van der Waals surface area contributed by atoms with Crippen molar-refractivity contribution in [1.29, 1.82) is 0 Å². The van der Waals surface area contributed by atoms with E-state index in [0.29, 0.717) is 11.1 Å². The van der Waals surface area contributed by atoms with Crippen molar-refractivity contribution in [3.63, 3.8) is 0 Å². The maximum atomic E-state index is 11.5. The Morgan fingerprint density at radius 1 is 0.636 bits per heavy atom. The van der Waals surface area contributed by atoms with Crippen molar-refractivity contribution in [2.24, 2.45) is 10.3 Å². The molecule has 0 aliphatic heterocycles. The number of benzene rings is 2. The van der Waals surface area contributed by atoms with Gasteiger partial charge in [0, 0.05) is 0 Å². The monoisotopic (exact) mass is 338 g/mol. The molecule has 2 aromatic rings. The van der Waals surface area contributed by atoms with Gasteiger partial charge in [0.2, 0.25) is 20.0 Å². The SMILES string of the molecule is NS(=O)(=O)c1ccccc1/C=C\c1ccccc1S(N)(=O)=O. The predicted molar refractivity (Wildman–Crippen MR) is 84.6 cm³/mol. The van der Waals surface area contributed by atoms with Crippen molar-refractivity contribution in [2.75, 3.05) is 0 Å². The van der Waals surface area contributed by atoms with E-state index in [9.17, 15) is 16.8 Å². The highest BCUT2D eigenvalue weighted by molar-refractivity contribution is 7.89. The molecule has 0 saturated carbocycles. The van der Waals surface area contributed by atoms with Gasteiger partial charge in [0.1, 0.15) is 0 Å². The van der Waals surface area contributed by atoms with E-state index in [-0.39, 0.29) is 9.79 Å². The van der Waals surface area contributed by atoms with E-state index in [1.807, 2.05) is 0 Å². The first-order chi connectivity index (χ1) is 10.2. The Kier molecular flexibility index (Phi) is 4.47. The highest BCUT2D eigenvalue weighted by Crippen LogP contribution is 2.20. The number of primary sulfonamides is 2. The van der Waals surface area contributed by atoms with Crippen molar-refractivity contribution in [1.82, 2.24) is 0 Å². The molecule has 0 aliphatic rings. The lowest BCUT2D eigenvalue weighted by Crippen LogP contribution is -2.14. The van der Waals surface area contributed by atoms with Crippen LogP contribution in [0.5, 0.6) is 0 Å². The summed E-state index contributed by atoms with van der Waals surface area (Å²) < 4.78 is 46.1. The van der Waals surface area contributed by atoms with Gasteiger partial charge in [-0.05, 0) is 23.3 Å². The van der Waals surface area contributed by atoms with Gasteiger partial charge in [0.25, 0.3) is 0 Å². The van der Waals surface area contributed by atoms with Crippen LogP contribution in [0.2, 0.25) is 0 Å². The normalized spacial score (nSPS) is 12.6. The van der Waals surface area contributed by atoms with Crippen molar-refractivity contribution in [3.05, 3.63) is 59.7 Å². The van der Waals surface area contributed by atoms with Gasteiger partial charge in [0.05, 0.1) is 9.79 Å². The molecule has 6 nitrogen and oxygen atoms in total. The highest BCUT2D eigenvalue weighted by Gasteiger charge is 2.13. The van der Waals surface area contributed by atoms with Crippen LogP contribution in [0.1, 0.15) is 11.1 Å². The Labute approximate surface area is 129 Å². The average molecular weight is 338 g/mol. The molecule has 0 fully saturated rings. The molecule has 0 spiro atoms. The van der Waals surface area contributed by atoms with E-state index in [4.69, 9.17) is 10.3 Å². The Morgan fingerprint density at radius 2 is 0.955 bits per heavy atom. The zero-order valence-corrected chi connectivity index (χ0v) is 13.0. The van der Waals surface area contributed by atoms with Crippen LogP contribution in [0.15, 0.2) is 58.3 Å². The minimum atomic E-state index is -3.87. The first-order valence-corrected chi connectivity index (χ1v) is 9.20. The van der Waals surface area contributed by atoms with E-state index in [2.05, 4.69) is 0 Å². The van der Waals surface area contributed by atoms with Gasteiger partial charge < -0.3 is 0 Å². The summed E-state index contributed by atoms with van der Waals surface area (Å²) >= 11 is 0. The van der Waals surface area contributed by atoms with E-state index in [1.165, 1.54) is 24.3 Å². The summed E-state index contributed by atoms with van der Waals surface area (Å²) in [7, 11) is -7.74. The molecule has 116 valence electrons. The lowest BCUT2D eigenvalue weighted by Gasteiger charge is -2.05. The minimum absolute atomic E-state index is 0.0423.